The van der Waals surface area contributed by atoms with E-state index in [1.54, 1.807) is 30.3 Å². The normalized spacial score (nSPS) is 21.4. The van der Waals surface area contributed by atoms with Gasteiger partial charge in [-0.15, -0.1) is 11.3 Å². The predicted molar refractivity (Wildman–Crippen MR) is 99.3 cm³/mol. The highest BCUT2D eigenvalue weighted by Gasteiger charge is 2.63. The molecule has 1 saturated carbocycles. The first-order chi connectivity index (χ1) is 13.7. The van der Waals surface area contributed by atoms with Crippen molar-refractivity contribution in [2.24, 2.45) is 0 Å². The van der Waals surface area contributed by atoms with Crippen LogP contribution in [0.5, 0.6) is 0 Å². The first-order valence-electron chi connectivity index (χ1n) is 8.40. The summed E-state index contributed by atoms with van der Waals surface area (Å²) in [7, 11) is -4.16. The number of carbonyl (C=O) groups is 1. The largest absolute Gasteiger partial charge is 0.480 e. The van der Waals surface area contributed by atoms with Gasteiger partial charge in [-0.05, 0) is 24.1 Å². The molecule has 0 saturated heterocycles. The molecule has 1 aromatic carbocycles. The first-order valence-corrected chi connectivity index (χ1v) is 10.7. The van der Waals surface area contributed by atoms with Crippen molar-refractivity contribution in [2.75, 3.05) is 0 Å². The van der Waals surface area contributed by atoms with Crippen molar-refractivity contribution >= 4 is 27.3 Å². The van der Waals surface area contributed by atoms with Crippen LogP contribution in [0.1, 0.15) is 30.1 Å². The zero-order chi connectivity index (χ0) is 20.8. The zero-order valence-electron chi connectivity index (χ0n) is 14.6. The topological polar surface area (TPSA) is 110 Å². The van der Waals surface area contributed by atoms with E-state index in [9.17, 15) is 27.1 Å². The molecule has 1 aliphatic rings. The number of carboxylic acid groups (broad SMARTS) is 1. The molecule has 1 fully saturated rings. The number of benzene rings is 1. The molecule has 2 N–H and O–H groups in total. The fraction of sp³-hybridized carbons (Fsp3) is 0.222. The summed E-state index contributed by atoms with van der Waals surface area (Å²) in [5.74, 6) is -2.37. The number of rotatable bonds is 7. The van der Waals surface area contributed by atoms with Gasteiger partial charge in [0.15, 0.2) is 0 Å². The second-order valence-electron chi connectivity index (χ2n) is 6.58. The van der Waals surface area contributed by atoms with Crippen LogP contribution in [-0.4, -0.2) is 30.2 Å². The summed E-state index contributed by atoms with van der Waals surface area (Å²) in [5, 5.41) is 13.2. The van der Waals surface area contributed by atoms with Crippen molar-refractivity contribution in [3.63, 3.8) is 0 Å². The smallest absolute Gasteiger partial charge is 0.325 e. The number of nitrogens with zero attached hydrogens (tertiary/aromatic N) is 1. The van der Waals surface area contributed by atoms with Gasteiger partial charge in [-0.1, -0.05) is 35.5 Å². The second kappa shape index (κ2) is 7.01. The van der Waals surface area contributed by atoms with Crippen LogP contribution in [0, 0.1) is 0 Å². The SMILES string of the molecule is O=C(O)[C@]1(NS(=O)(=O)c2ccc(-c3cc(C(F)F)on3)s2)C[C@H]1c1ccccc1. The first kappa shape index (κ1) is 19.7. The Morgan fingerprint density at radius 1 is 1.28 bits per heavy atom. The van der Waals surface area contributed by atoms with Crippen LogP contribution in [0.4, 0.5) is 8.78 Å². The van der Waals surface area contributed by atoms with E-state index in [1.165, 1.54) is 12.1 Å². The standard InChI is InChI=1S/C18H14F2N2O5S2/c19-16(20)13-8-12(21-27-13)14-6-7-15(28-14)29(25,26)22-18(17(23)24)9-11(18)10-4-2-1-3-5-10/h1-8,11,16,22H,9H2,(H,23,24)/t11-,18-/m0/s1. The van der Waals surface area contributed by atoms with Crippen LogP contribution in [-0.2, 0) is 14.8 Å². The van der Waals surface area contributed by atoms with E-state index in [0.29, 0.717) is 4.88 Å². The van der Waals surface area contributed by atoms with Crippen molar-refractivity contribution in [3.8, 4) is 10.6 Å². The lowest BCUT2D eigenvalue weighted by molar-refractivity contribution is -0.140. The number of sulfonamides is 1. The predicted octanol–water partition coefficient (Wildman–Crippen LogP) is 3.63. The third kappa shape index (κ3) is 3.56. The highest BCUT2D eigenvalue weighted by Crippen LogP contribution is 2.52. The van der Waals surface area contributed by atoms with Gasteiger partial charge in [0.1, 0.15) is 15.4 Å². The molecule has 4 rings (SSSR count). The molecule has 152 valence electrons. The maximum atomic E-state index is 12.8. The Labute approximate surface area is 168 Å². The Bertz CT molecular complexity index is 1160. The molecular weight excluding hydrogens is 426 g/mol. The van der Waals surface area contributed by atoms with Crippen molar-refractivity contribution in [2.45, 2.75) is 28.5 Å². The van der Waals surface area contributed by atoms with Crippen LogP contribution in [0.3, 0.4) is 0 Å². The van der Waals surface area contributed by atoms with Crippen LogP contribution in [0.25, 0.3) is 10.6 Å². The van der Waals surface area contributed by atoms with E-state index in [4.69, 9.17) is 0 Å². The van der Waals surface area contributed by atoms with E-state index < -0.39 is 39.6 Å². The molecule has 2 aromatic heterocycles. The molecule has 1 aliphatic carbocycles. The molecule has 0 amide bonds. The summed E-state index contributed by atoms with van der Waals surface area (Å²) in [6.45, 7) is 0. The maximum Gasteiger partial charge on any atom is 0.325 e. The Kier molecular flexibility index (Phi) is 4.75. The lowest BCUT2D eigenvalue weighted by atomic mass is 10.1. The van der Waals surface area contributed by atoms with E-state index in [1.807, 2.05) is 0 Å². The average molecular weight is 440 g/mol. The number of aliphatic carboxylic acids is 1. The molecule has 0 aliphatic heterocycles. The van der Waals surface area contributed by atoms with Gasteiger partial charge < -0.3 is 9.63 Å². The molecule has 7 nitrogen and oxygen atoms in total. The fourth-order valence-corrected chi connectivity index (χ4v) is 5.81. The van der Waals surface area contributed by atoms with Gasteiger partial charge in [-0.3, -0.25) is 4.79 Å². The number of hydrogen-bond acceptors (Lipinski definition) is 6. The van der Waals surface area contributed by atoms with Crippen molar-refractivity contribution in [1.82, 2.24) is 9.88 Å². The highest BCUT2D eigenvalue weighted by molar-refractivity contribution is 7.91. The summed E-state index contributed by atoms with van der Waals surface area (Å²) < 4.78 is 57.6. The number of alkyl halides is 2. The molecule has 2 heterocycles. The minimum absolute atomic E-state index is 0.0771. The zero-order valence-corrected chi connectivity index (χ0v) is 16.2. The van der Waals surface area contributed by atoms with E-state index in [0.717, 1.165) is 23.0 Å². The van der Waals surface area contributed by atoms with Crippen LogP contribution in [0.2, 0.25) is 0 Å². The van der Waals surface area contributed by atoms with Gasteiger partial charge in [0.2, 0.25) is 5.76 Å². The van der Waals surface area contributed by atoms with Crippen LogP contribution >= 0.6 is 11.3 Å². The van der Waals surface area contributed by atoms with E-state index in [-0.39, 0.29) is 16.3 Å². The van der Waals surface area contributed by atoms with Gasteiger partial charge in [0, 0.05) is 12.0 Å². The second-order valence-corrected chi connectivity index (χ2v) is 9.58. The fourth-order valence-electron chi connectivity index (χ4n) is 3.14. The van der Waals surface area contributed by atoms with Gasteiger partial charge in [-0.2, -0.15) is 4.72 Å². The molecule has 3 aromatic rings. The quantitative estimate of drug-likeness (QED) is 0.581. The highest BCUT2D eigenvalue weighted by atomic mass is 32.2. The van der Waals surface area contributed by atoms with Gasteiger partial charge in [0.05, 0.1) is 4.88 Å². The molecule has 0 spiro atoms. The Hall–Kier alpha value is -2.63. The van der Waals surface area contributed by atoms with E-state index in [2.05, 4.69) is 14.4 Å². The maximum absolute atomic E-state index is 12.8. The number of aromatic nitrogens is 1. The van der Waals surface area contributed by atoms with Gasteiger partial charge in [0.25, 0.3) is 16.4 Å². The Morgan fingerprint density at radius 2 is 2.00 bits per heavy atom. The number of halogens is 2. The van der Waals surface area contributed by atoms with Crippen LogP contribution < -0.4 is 4.72 Å². The summed E-state index contributed by atoms with van der Waals surface area (Å²) in [6, 6.07) is 12.5. The number of nitrogens with one attached hydrogen (secondary N) is 1. The van der Waals surface area contributed by atoms with E-state index >= 15 is 0 Å². The molecule has 29 heavy (non-hydrogen) atoms. The molecule has 0 radical (unpaired) electrons. The molecule has 0 bridgehead atoms. The third-order valence-corrected chi connectivity index (χ3v) is 7.81. The molecule has 11 heteroatoms. The lowest BCUT2D eigenvalue weighted by Crippen LogP contribution is -2.44. The van der Waals surface area contributed by atoms with Gasteiger partial charge >= 0.3 is 5.97 Å². The third-order valence-electron chi connectivity index (χ3n) is 4.70. The molecule has 2 atom stereocenters. The summed E-state index contributed by atoms with van der Waals surface area (Å²) in [4.78, 5) is 12.2. The minimum Gasteiger partial charge on any atom is -0.480 e. The Morgan fingerprint density at radius 3 is 2.62 bits per heavy atom. The monoisotopic (exact) mass is 440 g/mol. The lowest BCUT2D eigenvalue weighted by Gasteiger charge is -2.14. The van der Waals surface area contributed by atoms with Crippen molar-refractivity contribution in [3.05, 3.63) is 59.9 Å². The van der Waals surface area contributed by atoms with Crippen molar-refractivity contribution < 1.29 is 31.6 Å². The minimum atomic E-state index is -4.16. The Balaban J connectivity index is 1.59. The number of thiophene rings is 1. The average Bonchev–Trinajstić information content (AvgIpc) is 3.06. The summed E-state index contributed by atoms with van der Waals surface area (Å²) >= 11 is 0.784. The van der Waals surface area contributed by atoms with Crippen LogP contribution in [0.15, 0.2) is 57.3 Å². The summed E-state index contributed by atoms with van der Waals surface area (Å²) in [6.07, 6.45) is -2.70. The van der Waals surface area contributed by atoms with Crippen molar-refractivity contribution in [1.29, 1.82) is 0 Å². The van der Waals surface area contributed by atoms with Gasteiger partial charge in [-0.25, -0.2) is 17.2 Å². The number of hydrogen-bond donors (Lipinski definition) is 2. The number of carboxylic acids is 1. The summed E-state index contributed by atoms with van der Waals surface area (Å²) in [5.41, 5.74) is -0.818. The molecule has 0 unspecified atom stereocenters. The molecular formula is C18H14F2N2O5S2.